The highest BCUT2D eigenvalue weighted by atomic mass is 35.5. The van der Waals surface area contributed by atoms with Crippen LogP contribution in [0.3, 0.4) is 0 Å². The van der Waals surface area contributed by atoms with Crippen LogP contribution in [0.25, 0.3) is 11.1 Å². The molecule has 5 heteroatoms. The highest BCUT2D eigenvalue weighted by molar-refractivity contribution is 7.85. The Hall–Kier alpha value is -1.39. The van der Waals surface area contributed by atoms with E-state index in [0.717, 1.165) is 22.4 Å². The van der Waals surface area contributed by atoms with E-state index in [2.05, 4.69) is 9.71 Å². The number of anilines is 1. The van der Waals surface area contributed by atoms with Gasteiger partial charge >= 0.3 is 0 Å². The molecule has 1 aromatic heterocycles. The molecule has 0 saturated heterocycles. The number of hydrogen-bond acceptors (Lipinski definition) is 2. The smallest absolute Gasteiger partial charge is 0.113 e. The summed E-state index contributed by atoms with van der Waals surface area (Å²) in [6.45, 7) is 1.99. The van der Waals surface area contributed by atoms with Crippen LogP contribution in [0.5, 0.6) is 0 Å². The molecule has 0 aliphatic carbocycles. The van der Waals surface area contributed by atoms with Gasteiger partial charge in [-0.25, -0.2) is 4.21 Å². The molecule has 0 spiro atoms. The molecule has 1 atom stereocenters. The van der Waals surface area contributed by atoms with Gasteiger partial charge in [0, 0.05) is 29.9 Å². The topological polar surface area (TPSA) is 42.0 Å². The minimum absolute atomic E-state index is 0.674. The molecule has 0 amide bonds. The van der Waals surface area contributed by atoms with Gasteiger partial charge in [-0.2, -0.15) is 0 Å². The Morgan fingerprint density at radius 3 is 2.67 bits per heavy atom. The molecule has 0 radical (unpaired) electrons. The summed E-state index contributed by atoms with van der Waals surface area (Å²) >= 11 is 6.15. The molecule has 0 aliphatic rings. The second-order valence-electron chi connectivity index (χ2n) is 3.94. The molecule has 0 bridgehead atoms. The van der Waals surface area contributed by atoms with Crippen molar-refractivity contribution in [1.29, 1.82) is 0 Å². The number of hydrogen-bond donors (Lipinski definition) is 1. The molecule has 2 rings (SSSR count). The van der Waals surface area contributed by atoms with Crippen LogP contribution >= 0.6 is 11.6 Å². The lowest BCUT2D eigenvalue weighted by atomic mass is 10.0. The zero-order valence-electron chi connectivity index (χ0n) is 10.1. The fourth-order valence-electron chi connectivity index (χ4n) is 1.77. The van der Waals surface area contributed by atoms with Crippen LogP contribution in [-0.4, -0.2) is 15.4 Å². The van der Waals surface area contributed by atoms with E-state index in [-0.39, 0.29) is 0 Å². The summed E-state index contributed by atoms with van der Waals surface area (Å²) in [6.07, 6.45) is 5.01. The molecule has 2 aromatic rings. The predicted molar refractivity (Wildman–Crippen MR) is 77.1 cm³/mol. The molecule has 94 valence electrons. The molecule has 1 unspecified atom stereocenters. The van der Waals surface area contributed by atoms with Crippen molar-refractivity contribution < 1.29 is 4.21 Å². The first-order chi connectivity index (χ1) is 8.58. The van der Waals surface area contributed by atoms with Crippen molar-refractivity contribution in [3.63, 3.8) is 0 Å². The summed E-state index contributed by atoms with van der Waals surface area (Å²) in [5, 5.41) is 0.674. The summed E-state index contributed by atoms with van der Waals surface area (Å²) in [5.41, 5.74) is 3.82. The molecule has 18 heavy (non-hydrogen) atoms. The first kappa shape index (κ1) is 13.1. The average Bonchev–Trinajstić information content (AvgIpc) is 2.30. The monoisotopic (exact) mass is 280 g/mol. The third kappa shape index (κ3) is 2.89. The van der Waals surface area contributed by atoms with Crippen molar-refractivity contribution in [2.24, 2.45) is 0 Å². The van der Waals surface area contributed by atoms with Crippen LogP contribution in [0.4, 0.5) is 5.69 Å². The lowest BCUT2D eigenvalue weighted by Gasteiger charge is -2.10. The summed E-state index contributed by atoms with van der Waals surface area (Å²) in [7, 11) is -1.07. The number of aryl methyl sites for hydroxylation is 1. The van der Waals surface area contributed by atoms with Gasteiger partial charge in [0.25, 0.3) is 0 Å². The maximum Gasteiger partial charge on any atom is 0.113 e. The summed E-state index contributed by atoms with van der Waals surface area (Å²) in [4.78, 5) is 4.09. The third-order valence-electron chi connectivity index (χ3n) is 2.55. The predicted octanol–water partition coefficient (Wildman–Crippen LogP) is 3.42. The fraction of sp³-hybridized carbons (Fsp3) is 0.154. The Morgan fingerprint density at radius 1 is 1.28 bits per heavy atom. The summed E-state index contributed by atoms with van der Waals surface area (Å²) < 4.78 is 14.0. The van der Waals surface area contributed by atoms with Gasteiger partial charge in [-0.1, -0.05) is 17.7 Å². The Kier molecular flexibility index (Phi) is 3.99. The maximum absolute atomic E-state index is 11.1. The molecule has 3 nitrogen and oxygen atoms in total. The normalized spacial score (nSPS) is 12.2. The number of rotatable bonds is 3. The molecule has 1 N–H and O–H groups in total. The Labute approximate surface area is 114 Å². The van der Waals surface area contributed by atoms with Crippen LogP contribution < -0.4 is 4.72 Å². The van der Waals surface area contributed by atoms with Gasteiger partial charge in [0.15, 0.2) is 0 Å². The van der Waals surface area contributed by atoms with Crippen LogP contribution in [0, 0.1) is 6.92 Å². The summed E-state index contributed by atoms with van der Waals surface area (Å²) in [5.74, 6) is 0. The molecule has 0 aliphatic heterocycles. The Morgan fingerprint density at radius 2 is 2.06 bits per heavy atom. The number of pyridine rings is 1. The van der Waals surface area contributed by atoms with Gasteiger partial charge in [0.2, 0.25) is 0 Å². The van der Waals surface area contributed by atoms with Gasteiger partial charge < -0.3 is 4.72 Å². The number of aromatic nitrogens is 1. The van der Waals surface area contributed by atoms with Crippen molar-refractivity contribution in [2.75, 3.05) is 11.0 Å². The summed E-state index contributed by atoms with van der Waals surface area (Å²) in [6, 6.07) is 7.55. The van der Waals surface area contributed by atoms with Crippen molar-refractivity contribution in [3.8, 4) is 11.1 Å². The van der Waals surface area contributed by atoms with Crippen molar-refractivity contribution in [2.45, 2.75) is 6.92 Å². The van der Waals surface area contributed by atoms with E-state index in [1.54, 1.807) is 24.7 Å². The van der Waals surface area contributed by atoms with Crippen LogP contribution in [-0.2, 0) is 11.0 Å². The minimum atomic E-state index is -1.07. The van der Waals surface area contributed by atoms with Gasteiger partial charge in [0.1, 0.15) is 11.0 Å². The molecule has 0 saturated carbocycles. The Bertz CT molecular complexity index is 601. The van der Waals surface area contributed by atoms with Crippen molar-refractivity contribution in [3.05, 3.63) is 47.2 Å². The highest BCUT2D eigenvalue weighted by Crippen LogP contribution is 2.30. The third-order valence-corrected chi connectivity index (χ3v) is 3.40. The zero-order valence-corrected chi connectivity index (χ0v) is 11.7. The minimum Gasteiger partial charge on any atom is -0.305 e. The van der Waals surface area contributed by atoms with Crippen LogP contribution in [0.1, 0.15) is 5.56 Å². The largest absolute Gasteiger partial charge is 0.305 e. The number of halogens is 1. The fourth-order valence-corrected chi connectivity index (χ4v) is 2.44. The van der Waals surface area contributed by atoms with E-state index in [1.165, 1.54) is 0 Å². The van der Waals surface area contributed by atoms with Gasteiger partial charge in [-0.15, -0.1) is 0 Å². The van der Waals surface area contributed by atoms with Crippen molar-refractivity contribution in [1.82, 2.24) is 4.98 Å². The first-order valence-corrected chi connectivity index (χ1v) is 7.32. The number of nitrogens with zero attached hydrogens (tertiary/aromatic N) is 1. The van der Waals surface area contributed by atoms with Gasteiger partial charge in [0.05, 0.1) is 5.02 Å². The zero-order chi connectivity index (χ0) is 13.1. The lowest BCUT2D eigenvalue weighted by Crippen LogP contribution is -2.01. The molecular weight excluding hydrogens is 268 g/mol. The van der Waals surface area contributed by atoms with E-state index in [9.17, 15) is 4.21 Å². The average molecular weight is 281 g/mol. The Balaban J connectivity index is 2.42. The number of benzene rings is 1. The van der Waals surface area contributed by atoms with E-state index < -0.39 is 11.0 Å². The van der Waals surface area contributed by atoms with Crippen LogP contribution in [0.15, 0.2) is 36.7 Å². The lowest BCUT2D eigenvalue weighted by molar-refractivity contribution is 0.690. The molecule has 1 heterocycles. The molecule has 0 fully saturated rings. The molecule has 1 aromatic carbocycles. The van der Waals surface area contributed by atoms with Gasteiger partial charge in [-0.3, -0.25) is 4.98 Å². The van der Waals surface area contributed by atoms with Crippen LogP contribution in [0.2, 0.25) is 5.02 Å². The van der Waals surface area contributed by atoms with E-state index in [1.807, 2.05) is 25.1 Å². The number of nitrogens with one attached hydrogen (secondary N) is 1. The SMILES string of the molecule is Cc1cc(NS(C)=O)ccc1-c1cnccc1Cl. The maximum atomic E-state index is 11.1. The first-order valence-electron chi connectivity index (χ1n) is 5.38. The van der Waals surface area contributed by atoms with E-state index in [4.69, 9.17) is 11.6 Å². The standard InChI is InChI=1S/C13H13ClN2OS/c1-9-7-10(16-18(2)17)3-4-11(9)12-8-15-6-5-13(12)14/h3-8,16H,1-2H3. The quantitative estimate of drug-likeness (QED) is 0.936. The molecular formula is C13H13ClN2OS. The second-order valence-corrected chi connectivity index (χ2v) is 5.46. The van der Waals surface area contributed by atoms with E-state index >= 15 is 0 Å². The second kappa shape index (κ2) is 5.50. The van der Waals surface area contributed by atoms with Gasteiger partial charge in [-0.05, 0) is 36.2 Å². The highest BCUT2D eigenvalue weighted by Gasteiger charge is 2.07. The van der Waals surface area contributed by atoms with E-state index in [0.29, 0.717) is 5.02 Å². The van der Waals surface area contributed by atoms with Crippen molar-refractivity contribution >= 4 is 28.3 Å².